The molecule has 0 spiro atoms. The molecule has 7 heteroatoms. The number of hydrogen-bond donors (Lipinski definition) is 2. The summed E-state index contributed by atoms with van der Waals surface area (Å²) in [5.74, 6) is 1.91. The van der Waals surface area contributed by atoms with Crippen molar-refractivity contribution < 1.29 is 4.79 Å². The Kier molecular flexibility index (Phi) is 4.72. The number of amides is 1. The molecule has 0 aliphatic rings. The highest BCUT2D eigenvalue weighted by atomic mass is 79.9. The van der Waals surface area contributed by atoms with Gasteiger partial charge in [-0.25, -0.2) is 4.68 Å². The van der Waals surface area contributed by atoms with Gasteiger partial charge in [0.15, 0.2) is 0 Å². The Morgan fingerprint density at radius 1 is 1.68 bits per heavy atom. The van der Waals surface area contributed by atoms with Crippen molar-refractivity contribution in [1.29, 1.82) is 0 Å². The molecule has 0 radical (unpaired) electrons. The van der Waals surface area contributed by atoms with E-state index in [9.17, 15) is 9.59 Å². The monoisotopic (exact) mass is 326 g/mol. The molecule has 1 amide bonds. The lowest BCUT2D eigenvalue weighted by Crippen LogP contribution is -2.37. The molecule has 1 rings (SSSR count). The zero-order valence-electron chi connectivity index (χ0n) is 10.7. The molecule has 0 saturated carbocycles. The summed E-state index contributed by atoms with van der Waals surface area (Å²) in [5, 5.41) is 6.90. The van der Waals surface area contributed by atoms with Gasteiger partial charge in [0.05, 0.1) is 17.3 Å². The van der Waals surface area contributed by atoms with Crippen LogP contribution in [0.15, 0.2) is 15.5 Å². The van der Waals surface area contributed by atoms with E-state index < -0.39 is 11.3 Å². The van der Waals surface area contributed by atoms with Crippen molar-refractivity contribution in [3.05, 3.63) is 21.0 Å². The minimum absolute atomic E-state index is 0.102. The summed E-state index contributed by atoms with van der Waals surface area (Å²) in [7, 11) is 0. The van der Waals surface area contributed by atoms with E-state index in [1.165, 1.54) is 6.20 Å². The number of hydrogen-bond acceptors (Lipinski definition) is 4. The molecule has 0 saturated heterocycles. The summed E-state index contributed by atoms with van der Waals surface area (Å²) in [6.07, 6.45) is 6.61. The van der Waals surface area contributed by atoms with Gasteiger partial charge in [-0.3, -0.25) is 9.59 Å². The fourth-order valence-electron chi connectivity index (χ4n) is 1.19. The number of nitrogens with one attached hydrogen (secondary N) is 1. The molecule has 6 nitrogen and oxygen atoms in total. The summed E-state index contributed by atoms with van der Waals surface area (Å²) in [6, 6.07) is 0. The average molecular weight is 327 g/mol. The van der Waals surface area contributed by atoms with E-state index in [4.69, 9.17) is 12.2 Å². The van der Waals surface area contributed by atoms with Crippen LogP contribution in [0.5, 0.6) is 0 Å². The molecule has 0 fully saturated rings. The molecule has 0 atom stereocenters. The maximum absolute atomic E-state index is 11.9. The van der Waals surface area contributed by atoms with Crippen LogP contribution >= 0.6 is 15.9 Å². The van der Waals surface area contributed by atoms with Gasteiger partial charge < -0.3 is 11.1 Å². The molecule has 0 aromatic carbocycles. The molecular formula is C12H15BrN4O2. The van der Waals surface area contributed by atoms with Crippen molar-refractivity contribution in [2.75, 3.05) is 11.9 Å². The van der Waals surface area contributed by atoms with Crippen LogP contribution in [0.3, 0.4) is 0 Å². The van der Waals surface area contributed by atoms with Crippen molar-refractivity contribution in [3.8, 4) is 12.3 Å². The first-order valence-corrected chi connectivity index (χ1v) is 6.31. The Morgan fingerprint density at radius 3 is 2.84 bits per heavy atom. The Bertz CT molecular complexity index is 586. The van der Waals surface area contributed by atoms with E-state index in [-0.39, 0.29) is 12.1 Å². The van der Waals surface area contributed by atoms with E-state index in [0.29, 0.717) is 16.7 Å². The third kappa shape index (κ3) is 3.58. The smallest absolute Gasteiger partial charge is 0.284 e. The van der Waals surface area contributed by atoms with Crippen molar-refractivity contribution in [2.45, 2.75) is 20.4 Å². The lowest BCUT2D eigenvalue weighted by molar-refractivity contribution is -0.125. The predicted octanol–water partition coefficient (Wildman–Crippen LogP) is 0.562. The minimum Gasteiger partial charge on any atom is -0.382 e. The molecule has 1 aromatic heterocycles. The minimum atomic E-state index is -0.729. The number of carbonyl (C=O) groups is 1. The summed E-state index contributed by atoms with van der Waals surface area (Å²) < 4.78 is 1.48. The van der Waals surface area contributed by atoms with Crippen LogP contribution < -0.4 is 16.6 Å². The summed E-state index contributed by atoms with van der Waals surface area (Å²) in [4.78, 5) is 23.1. The van der Waals surface area contributed by atoms with Crippen LogP contribution in [0.1, 0.15) is 13.8 Å². The number of terminal acetylenes is 1. The first-order valence-electron chi connectivity index (χ1n) is 5.52. The van der Waals surface area contributed by atoms with Crippen molar-refractivity contribution >= 4 is 27.5 Å². The molecule has 102 valence electrons. The fraction of sp³-hybridized carbons (Fsp3) is 0.417. The van der Waals surface area contributed by atoms with E-state index in [2.05, 4.69) is 32.3 Å². The summed E-state index contributed by atoms with van der Waals surface area (Å²) in [5.41, 5.74) is 4.70. The Balaban J connectivity index is 2.94. The number of aromatic nitrogens is 2. The quantitative estimate of drug-likeness (QED) is 0.774. The van der Waals surface area contributed by atoms with E-state index >= 15 is 0 Å². The van der Waals surface area contributed by atoms with Crippen LogP contribution in [0, 0.1) is 17.8 Å². The number of rotatable bonds is 5. The normalized spacial score (nSPS) is 10.8. The zero-order chi connectivity index (χ0) is 14.6. The van der Waals surface area contributed by atoms with Gasteiger partial charge in [-0.2, -0.15) is 5.10 Å². The van der Waals surface area contributed by atoms with E-state index in [1.54, 1.807) is 13.8 Å². The van der Waals surface area contributed by atoms with Crippen LogP contribution in [0.2, 0.25) is 0 Å². The Morgan fingerprint density at radius 2 is 2.32 bits per heavy atom. The van der Waals surface area contributed by atoms with Crippen molar-refractivity contribution in [3.63, 3.8) is 0 Å². The first-order chi connectivity index (χ1) is 8.79. The highest BCUT2D eigenvalue weighted by molar-refractivity contribution is 9.10. The summed E-state index contributed by atoms with van der Waals surface area (Å²) >= 11 is 3.19. The number of halogens is 1. The molecule has 1 aromatic rings. The van der Waals surface area contributed by atoms with Gasteiger partial charge in [0.2, 0.25) is 5.91 Å². The fourth-order valence-corrected chi connectivity index (χ4v) is 1.64. The van der Waals surface area contributed by atoms with Gasteiger partial charge >= 0.3 is 0 Å². The summed E-state index contributed by atoms with van der Waals surface area (Å²) in [6.45, 7) is 3.82. The Labute approximate surface area is 119 Å². The second kappa shape index (κ2) is 5.89. The number of nitrogens with zero attached hydrogens (tertiary/aromatic N) is 2. The molecule has 3 N–H and O–H groups in total. The Hall–Kier alpha value is -1.81. The topological polar surface area (TPSA) is 90.0 Å². The highest BCUT2D eigenvalue weighted by Gasteiger charge is 2.25. The third-order valence-corrected chi connectivity index (χ3v) is 3.38. The molecule has 0 aliphatic heterocycles. The first kappa shape index (κ1) is 15.2. The van der Waals surface area contributed by atoms with Crippen LogP contribution in [0.4, 0.5) is 5.69 Å². The van der Waals surface area contributed by atoms with Gasteiger partial charge in [-0.05, 0) is 29.8 Å². The van der Waals surface area contributed by atoms with Crippen molar-refractivity contribution in [2.24, 2.45) is 11.1 Å². The van der Waals surface area contributed by atoms with Crippen LogP contribution in [-0.4, -0.2) is 22.2 Å². The average Bonchev–Trinajstić information content (AvgIpc) is 2.34. The van der Waals surface area contributed by atoms with Gasteiger partial charge in [-0.15, -0.1) is 6.42 Å². The maximum Gasteiger partial charge on any atom is 0.284 e. The van der Waals surface area contributed by atoms with E-state index in [0.717, 1.165) is 4.68 Å². The van der Waals surface area contributed by atoms with Crippen LogP contribution in [-0.2, 0) is 11.3 Å². The second-order valence-corrected chi connectivity index (χ2v) is 5.43. The van der Waals surface area contributed by atoms with E-state index in [1.807, 2.05) is 0 Å². The highest BCUT2D eigenvalue weighted by Crippen LogP contribution is 2.20. The lowest BCUT2D eigenvalue weighted by atomic mass is 9.93. The third-order valence-electron chi connectivity index (χ3n) is 2.61. The number of carbonyl (C=O) groups excluding carboxylic acids is 1. The standard InChI is InChI=1S/C12H15BrN4O2/c1-4-5-17-10(18)9(13)8(6-16-17)15-7-12(2,3)11(14)19/h1,6,15H,5,7H2,2-3H3,(H2,14,19). The largest absolute Gasteiger partial charge is 0.382 e. The molecule has 0 bridgehead atoms. The molecule has 19 heavy (non-hydrogen) atoms. The van der Waals surface area contributed by atoms with Gasteiger partial charge in [0.25, 0.3) is 5.56 Å². The zero-order valence-corrected chi connectivity index (χ0v) is 12.3. The second-order valence-electron chi connectivity index (χ2n) is 4.64. The molecule has 0 aliphatic carbocycles. The molecule has 0 unspecified atom stereocenters. The van der Waals surface area contributed by atoms with Gasteiger partial charge in [-0.1, -0.05) is 5.92 Å². The number of anilines is 1. The predicted molar refractivity (Wildman–Crippen MR) is 76.5 cm³/mol. The van der Waals surface area contributed by atoms with Gasteiger partial charge in [0.1, 0.15) is 11.0 Å². The van der Waals surface area contributed by atoms with Crippen LogP contribution in [0.25, 0.3) is 0 Å². The molecule has 1 heterocycles. The number of nitrogens with two attached hydrogens (primary N) is 1. The lowest BCUT2D eigenvalue weighted by Gasteiger charge is -2.21. The van der Waals surface area contributed by atoms with Crippen molar-refractivity contribution in [1.82, 2.24) is 9.78 Å². The SMILES string of the molecule is C#CCn1ncc(NCC(C)(C)C(N)=O)c(Br)c1=O. The maximum atomic E-state index is 11.9. The molecular weight excluding hydrogens is 312 g/mol. The van der Waals surface area contributed by atoms with Gasteiger partial charge in [0, 0.05) is 6.54 Å². The number of primary amides is 1.